The molecular weight excluding hydrogens is 450 g/mol. The summed E-state index contributed by atoms with van der Waals surface area (Å²) in [5.41, 5.74) is 5.75. The Morgan fingerprint density at radius 1 is 1.14 bits per heavy atom. The highest BCUT2D eigenvalue weighted by molar-refractivity contribution is 5.89. The van der Waals surface area contributed by atoms with Gasteiger partial charge in [0.2, 0.25) is 5.91 Å². The summed E-state index contributed by atoms with van der Waals surface area (Å²) in [7, 11) is 0. The van der Waals surface area contributed by atoms with Crippen LogP contribution in [0, 0.1) is 0 Å². The first kappa shape index (κ1) is 25.6. The van der Waals surface area contributed by atoms with Crippen LogP contribution in [-0.2, 0) is 19.1 Å². The van der Waals surface area contributed by atoms with Gasteiger partial charge in [0.05, 0.1) is 18.4 Å². The minimum absolute atomic E-state index is 0.0811. The number of aliphatic hydroxyl groups is 1. The van der Waals surface area contributed by atoms with Crippen LogP contribution in [0.3, 0.4) is 0 Å². The van der Waals surface area contributed by atoms with Crippen molar-refractivity contribution < 1.29 is 24.2 Å². The first-order valence-electron chi connectivity index (χ1n) is 12.4. The van der Waals surface area contributed by atoms with Crippen molar-refractivity contribution in [3.8, 4) is 0 Å². The van der Waals surface area contributed by atoms with E-state index < -0.39 is 23.7 Å². The summed E-state index contributed by atoms with van der Waals surface area (Å²) in [5, 5.41) is 22.8. The number of carbonyl (C=O) groups is 2. The first-order chi connectivity index (χ1) is 16.9. The van der Waals surface area contributed by atoms with Crippen molar-refractivity contribution in [1.29, 1.82) is 0 Å². The van der Waals surface area contributed by atoms with Gasteiger partial charge < -0.3 is 36.3 Å². The van der Waals surface area contributed by atoms with Crippen LogP contribution in [0.1, 0.15) is 56.7 Å². The summed E-state index contributed by atoms with van der Waals surface area (Å²) in [6.45, 7) is 1.22. The van der Waals surface area contributed by atoms with Gasteiger partial charge in [-0.05, 0) is 18.4 Å². The van der Waals surface area contributed by atoms with Gasteiger partial charge in [0.15, 0.2) is 6.29 Å². The van der Waals surface area contributed by atoms with E-state index in [0.29, 0.717) is 44.6 Å². The maximum absolute atomic E-state index is 13.3. The number of ether oxygens (including phenoxy) is 2. The molecule has 2 amide bonds. The monoisotopic (exact) mass is 487 g/mol. The van der Waals surface area contributed by atoms with Crippen LogP contribution in [-0.4, -0.2) is 60.8 Å². The van der Waals surface area contributed by atoms with Crippen LogP contribution in [0.4, 0.5) is 0 Å². The van der Waals surface area contributed by atoms with Crippen molar-refractivity contribution in [3.63, 3.8) is 0 Å². The second-order valence-electron chi connectivity index (χ2n) is 9.67. The van der Waals surface area contributed by atoms with Crippen molar-refractivity contribution in [3.05, 3.63) is 47.7 Å². The van der Waals surface area contributed by atoms with Gasteiger partial charge in [0.1, 0.15) is 5.60 Å². The van der Waals surface area contributed by atoms with Crippen LogP contribution in [0.2, 0.25) is 0 Å². The third-order valence-corrected chi connectivity index (χ3v) is 7.01. The summed E-state index contributed by atoms with van der Waals surface area (Å²) in [5.74, 6) is -0.484. The van der Waals surface area contributed by atoms with E-state index in [1.165, 1.54) is 6.08 Å². The number of benzene rings is 1. The second-order valence-corrected chi connectivity index (χ2v) is 9.67. The Hall–Kier alpha value is -2.50. The fourth-order valence-corrected chi connectivity index (χ4v) is 4.82. The van der Waals surface area contributed by atoms with E-state index in [1.807, 2.05) is 30.3 Å². The molecule has 35 heavy (non-hydrogen) atoms. The fourth-order valence-electron chi connectivity index (χ4n) is 4.82. The largest absolute Gasteiger partial charge is 0.388 e. The summed E-state index contributed by atoms with van der Waals surface area (Å²) < 4.78 is 11.6. The Kier molecular flexibility index (Phi) is 8.40. The van der Waals surface area contributed by atoms with Crippen LogP contribution in [0.25, 0.3) is 0 Å². The van der Waals surface area contributed by atoms with E-state index in [0.717, 1.165) is 24.8 Å². The van der Waals surface area contributed by atoms with Gasteiger partial charge in [-0.15, -0.1) is 0 Å². The zero-order chi connectivity index (χ0) is 24.7. The Morgan fingerprint density at radius 3 is 2.57 bits per heavy atom. The van der Waals surface area contributed by atoms with Crippen LogP contribution < -0.4 is 27.0 Å². The number of amides is 2. The lowest BCUT2D eigenvalue weighted by atomic mass is 9.83. The highest BCUT2D eigenvalue weighted by Gasteiger charge is 2.42. The Labute approximate surface area is 206 Å². The van der Waals surface area contributed by atoms with Crippen LogP contribution in [0.5, 0.6) is 0 Å². The molecule has 2 aliphatic heterocycles. The van der Waals surface area contributed by atoms with Crippen LogP contribution in [0.15, 0.2) is 42.1 Å². The Bertz CT molecular complexity index is 897. The summed E-state index contributed by atoms with van der Waals surface area (Å²) in [4.78, 5) is 25.6. The Balaban J connectivity index is 1.35. The number of hydrogen-bond acceptors (Lipinski definition) is 8. The first-order valence-corrected chi connectivity index (χ1v) is 12.4. The number of carbonyl (C=O) groups excluding carboxylic acids is 2. The SMILES string of the molecule is NC(NC1NC(=O)C=C(COC2(C(=O)NCC3(O)CCOCC3)CCCCC2)N1)c1ccccc1. The van der Waals surface area contributed by atoms with Gasteiger partial charge >= 0.3 is 0 Å². The zero-order valence-electron chi connectivity index (χ0n) is 20.1. The van der Waals surface area contributed by atoms with Crippen molar-refractivity contribution in [1.82, 2.24) is 21.3 Å². The smallest absolute Gasteiger partial charge is 0.252 e. The number of nitrogens with one attached hydrogen (secondary N) is 4. The van der Waals surface area contributed by atoms with E-state index >= 15 is 0 Å². The average molecular weight is 488 g/mol. The quantitative estimate of drug-likeness (QED) is 0.276. The molecule has 2 heterocycles. The third-order valence-electron chi connectivity index (χ3n) is 7.01. The molecule has 2 fully saturated rings. The van der Waals surface area contributed by atoms with E-state index in [1.54, 1.807) is 0 Å². The molecule has 2 atom stereocenters. The van der Waals surface area contributed by atoms with Crippen molar-refractivity contribution in [2.45, 2.75) is 68.6 Å². The average Bonchev–Trinajstić information content (AvgIpc) is 2.87. The zero-order valence-corrected chi connectivity index (χ0v) is 20.1. The lowest BCUT2D eigenvalue weighted by Gasteiger charge is -2.38. The van der Waals surface area contributed by atoms with Crippen molar-refractivity contribution in [2.75, 3.05) is 26.4 Å². The van der Waals surface area contributed by atoms with Gasteiger partial charge in [-0.3, -0.25) is 14.9 Å². The molecular formula is C25H37N5O5. The molecule has 3 aliphatic rings. The predicted molar refractivity (Wildman–Crippen MR) is 129 cm³/mol. The highest BCUT2D eigenvalue weighted by atomic mass is 16.5. The van der Waals surface area contributed by atoms with Gasteiger partial charge in [-0.2, -0.15) is 0 Å². The van der Waals surface area contributed by atoms with Crippen molar-refractivity contribution in [2.24, 2.45) is 5.73 Å². The fraction of sp³-hybridized carbons (Fsp3) is 0.600. The lowest BCUT2D eigenvalue weighted by molar-refractivity contribution is -0.153. The van der Waals surface area contributed by atoms with Gasteiger partial charge in [0.25, 0.3) is 5.91 Å². The third kappa shape index (κ3) is 6.80. The van der Waals surface area contributed by atoms with E-state index in [4.69, 9.17) is 15.2 Å². The molecule has 10 heteroatoms. The van der Waals surface area contributed by atoms with E-state index in [2.05, 4.69) is 21.3 Å². The van der Waals surface area contributed by atoms with Gasteiger partial charge in [0, 0.05) is 44.4 Å². The molecule has 7 N–H and O–H groups in total. The minimum atomic E-state index is -0.987. The molecule has 1 saturated heterocycles. The molecule has 192 valence electrons. The molecule has 10 nitrogen and oxygen atoms in total. The second kappa shape index (κ2) is 11.5. The molecule has 1 aromatic carbocycles. The van der Waals surface area contributed by atoms with E-state index in [9.17, 15) is 14.7 Å². The normalized spacial score (nSPS) is 24.5. The van der Waals surface area contributed by atoms with Crippen LogP contribution >= 0.6 is 0 Å². The van der Waals surface area contributed by atoms with Gasteiger partial charge in [-0.1, -0.05) is 49.6 Å². The molecule has 1 saturated carbocycles. The molecule has 1 aliphatic carbocycles. The summed E-state index contributed by atoms with van der Waals surface area (Å²) in [6.07, 6.45) is 5.36. The summed E-state index contributed by atoms with van der Waals surface area (Å²) >= 11 is 0. The lowest BCUT2D eigenvalue weighted by Crippen LogP contribution is -2.59. The molecule has 2 unspecified atom stereocenters. The van der Waals surface area contributed by atoms with Gasteiger partial charge in [-0.25, -0.2) is 0 Å². The maximum Gasteiger partial charge on any atom is 0.252 e. The molecule has 0 aromatic heterocycles. The number of hydrogen-bond donors (Lipinski definition) is 6. The molecule has 0 radical (unpaired) electrons. The summed E-state index contributed by atoms with van der Waals surface area (Å²) in [6, 6.07) is 9.53. The topological polar surface area (TPSA) is 147 Å². The molecule has 0 bridgehead atoms. The molecule has 4 rings (SSSR count). The van der Waals surface area contributed by atoms with E-state index in [-0.39, 0.29) is 25.0 Å². The number of rotatable bonds is 9. The van der Waals surface area contributed by atoms with Crippen molar-refractivity contribution >= 4 is 11.8 Å². The number of nitrogens with two attached hydrogens (primary N) is 1. The maximum atomic E-state index is 13.3. The molecule has 1 aromatic rings. The standard InChI is InChI=1S/C25H37N5O5/c26-21(18-7-3-1-4-8-18)30-23-28-19(15-20(31)29-23)16-35-25(9-5-2-6-10-25)22(32)27-17-24(33)11-13-34-14-12-24/h1,3-4,7-8,15,21,23,28,30,33H,2,5-6,9-14,16-17,26H2,(H,27,32)(H,29,31). The minimum Gasteiger partial charge on any atom is -0.388 e. The highest BCUT2D eigenvalue weighted by Crippen LogP contribution is 2.33. The Morgan fingerprint density at radius 2 is 1.86 bits per heavy atom. The predicted octanol–water partition coefficient (Wildman–Crippen LogP) is 0.498. The molecule has 0 spiro atoms.